The molecule has 0 spiro atoms. The van der Waals surface area contributed by atoms with Gasteiger partial charge in [-0.05, 0) is 77.0 Å². The Morgan fingerprint density at radius 3 is 2.33 bits per heavy atom. The van der Waals surface area contributed by atoms with E-state index in [1.165, 1.54) is 38.5 Å². The minimum Gasteiger partial charge on any atom is -0.310 e. The summed E-state index contributed by atoms with van der Waals surface area (Å²) in [6.45, 7) is 6.24. The fourth-order valence-corrected chi connectivity index (χ4v) is 7.57. The Kier molecular flexibility index (Phi) is 4.18. The van der Waals surface area contributed by atoms with Gasteiger partial charge in [-0.25, -0.2) is 4.68 Å². The maximum Gasteiger partial charge on any atom is 0.238 e. The first-order chi connectivity index (χ1) is 11.4. The molecule has 5 heteroatoms. The van der Waals surface area contributed by atoms with Crippen molar-refractivity contribution in [2.24, 2.45) is 17.8 Å². The second kappa shape index (κ2) is 6.08. The minimum absolute atomic E-state index is 0.00300. The van der Waals surface area contributed by atoms with Crippen LogP contribution in [0.25, 0.3) is 0 Å². The summed E-state index contributed by atoms with van der Waals surface area (Å²) < 4.78 is 2.25. The van der Waals surface area contributed by atoms with Crippen molar-refractivity contribution in [2.45, 2.75) is 75.3 Å². The summed E-state index contributed by atoms with van der Waals surface area (Å²) in [5.74, 6) is 3.73. The summed E-state index contributed by atoms with van der Waals surface area (Å²) in [4.78, 5) is 12.7. The molecule has 1 aromatic heterocycles. The predicted octanol–water partition coefficient (Wildman–Crippen LogP) is 4.49. The maximum atomic E-state index is 12.7. The molecule has 4 bridgehead atoms. The zero-order valence-electron chi connectivity index (χ0n) is 15.0. The Morgan fingerprint density at radius 2 is 1.79 bits per heavy atom. The van der Waals surface area contributed by atoms with Crippen LogP contribution in [0.1, 0.15) is 65.3 Å². The number of nitrogens with zero attached hydrogens (tertiary/aromatic N) is 2. The number of aromatic nitrogens is 2. The quantitative estimate of drug-likeness (QED) is 0.853. The lowest BCUT2D eigenvalue weighted by molar-refractivity contribution is -0.115. The molecule has 4 saturated carbocycles. The first-order valence-electron chi connectivity index (χ1n) is 9.46. The number of nitrogens with one attached hydrogen (secondary N) is 1. The van der Waals surface area contributed by atoms with Gasteiger partial charge >= 0.3 is 0 Å². The van der Waals surface area contributed by atoms with Crippen LogP contribution in [-0.2, 0) is 4.79 Å². The second-order valence-corrected chi connectivity index (χ2v) is 10.4. The van der Waals surface area contributed by atoms with Crippen molar-refractivity contribution < 1.29 is 4.79 Å². The van der Waals surface area contributed by atoms with Gasteiger partial charge in [-0.2, -0.15) is 5.10 Å². The largest absolute Gasteiger partial charge is 0.310 e. The average molecular weight is 348 g/mol. The van der Waals surface area contributed by atoms with Gasteiger partial charge in [0.15, 0.2) is 0 Å². The molecule has 4 fully saturated rings. The number of thioether (sulfide) groups is 1. The van der Waals surface area contributed by atoms with E-state index in [4.69, 9.17) is 0 Å². The van der Waals surface area contributed by atoms with Gasteiger partial charge in [0.2, 0.25) is 5.91 Å². The zero-order valence-corrected chi connectivity index (χ0v) is 15.8. The van der Waals surface area contributed by atoms with E-state index < -0.39 is 0 Å². The summed E-state index contributed by atoms with van der Waals surface area (Å²) in [5, 5.41) is 7.40. The van der Waals surface area contributed by atoms with E-state index in [2.05, 4.69) is 31.2 Å². The topological polar surface area (TPSA) is 46.9 Å². The van der Waals surface area contributed by atoms with Gasteiger partial charge in [-0.1, -0.05) is 0 Å². The summed E-state index contributed by atoms with van der Waals surface area (Å²) in [6.07, 6.45) is 10.1. The highest BCUT2D eigenvalue weighted by Gasteiger charge is 2.52. The number of anilines is 1. The highest BCUT2D eigenvalue weighted by Crippen LogP contribution is 2.61. The molecule has 4 aliphatic carbocycles. The van der Waals surface area contributed by atoms with E-state index in [-0.39, 0.29) is 17.2 Å². The Balaban J connectivity index is 1.42. The molecule has 4 aliphatic rings. The second-order valence-electron chi connectivity index (χ2n) is 8.60. The van der Waals surface area contributed by atoms with Crippen molar-refractivity contribution in [2.75, 3.05) is 5.32 Å². The Hall–Kier alpha value is -0.970. The van der Waals surface area contributed by atoms with Crippen LogP contribution in [-0.4, -0.2) is 25.7 Å². The Bertz CT molecular complexity index is 589. The molecule has 1 aromatic rings. The SMILES string of the molecule is CC(C)n1nccc1NC(=O)[C@@H](C)SC12CC3CC(CC(C3)C1)C2. The summed E-state index contributed by atoms with van der Waals surface area (Å²) in [5.41, 5.74) is 0. The lowest BCUT2D eigenvalue weighted by Crippen LogP contribution is -2.49. The van der Waals surface area contributed by atoms with Crippen LogP contribution >= 0.6 is 11.8 Å². The van der Waals surface area contributed by atoms with Gasteiger partial charge in [-0.15, -0.1) is 11.8 Å². The molecule has 1 heterocycles. The fraction of sp³-hybridized carbons (Fsp3) is 0.789. The van der Waals surface area contributed by atoms with Crippen molar-refractivity contribution in [3.05, 3.63) is 12.3 Å². The van der Waals surface area contributed by atoms with Crippen molar-refractivity contribution in [1.82, 2.24) is 9.78 Å². The maximum absolute atomic E-state index is 12.7. The Morgan fingerprint density at radius 1 is 1.21 bits per heavy atom. The van der Waals surface area contributed by atoms with E-state index in [0.717, 1.165) is 23.6 Å². The number of amides is 1. The highest BCUT2D eigenvalue weighted by atomic mass is 32.2. The van der Waals surface area contributed by atoms with Crippen molar-refractivity contribution in [1.29, 1.82) is 0 Å². The summed E-state index contributed by atoms with van der Waals surface area (Å²) in [6, 6.07) is 2.14. The van der Waals surface area contributed by atoms with E-state index in [9.17, 15) is 4.79 Å². The van der Waals surface area contributed by atoms with Crippen LogP contribution in [0.3, 0.4) is 0 Å². The van der Waals surface area contributed by atoms with Crippen molar-refractivity contribution in [3.8, 4) is 0 Å². The smallest absolute Gasteiger partial charge is 0.238 e. The molecule has 5 rings (SSSR count). The molecule has 1 amide bonds. The number of hydrogen-bond donors (Lipinski definition) is 1. The fourth-order valence-electron chi connectivity index (χ4n) is 5.66. The lowest BCUT2D eigenvalue weighted by atomic mass is 9.56. The number of rotatable bonds is 5. The standard InChI is InChI=1S/C19H29N3OS/c1-12(2)22-17(4-5-20-22)21-18(23)13(3)24-19-9-14-6-15(10-19)8-16(7-14)11-19/h4-5,12-16H,6-11H2,1-3H3,(H,21,23)/t13-,14?,15?,16?,19?/m1/s1. The number of hydrogen-bond acceptors (Lipinski definition) is 3. The molecular formula is C19H29N3OS. The molecule has 1 atom stereocenters. The average Bonchev–Trinajstić information content (AvgIpc) is 2.93. The lowest BCUT2D eigenvalue weighted by Gasteiger charge is -2.57. The first kappa shape index (κ1) is 16.5. The van der Waals surface area contributed by atoms with E-state index >= 15 is 0 Å². The molecule has 24 heavy (non-hydrogen) atoms. The molecule has 0 unspecified atom stereocenters. The van der Waals surface area contributed by atoms with E-state index in [1.807, 2.05) is 22.5 Å². The van der Waals surface area contributed by atoms with Crippen LogP contribution < -0.4 is 5.32 Å². The van der Waals surface area contributed by atoms with Crippen LogP contribution in [0.5, 0.6) is 0 Å². The summed E-state index contributed by atoms with van der Waals surface area (Å²) >= 11 is 1.96. The molecule has 0 aliphatic heterocycles. The van der Waals surface area contributed by atoms with Gasteiger partial charge in [-0.3, -0.25) is 4.79 Å². The van der Waals surface area contributed by atoms with Gasteiger partial charge in [0.05, 0.1) is 11.4 Å². The highest BCUT2D eigenvalue weighted by molar-refractivity contribution is 8.01. The predicted molar refractivity (Wildman–Crippen MR) is 99.2 cm³/mol. The third-order valence-electron chi connectivity index (χ3n) is 6.19. The molecule has 132 valence electrons. The van der Waals surface area contributed by atoms with Crippen LogP contribution in [0, 0.1) is 17.8 Å². The van der Waals surface area contributed by atoms with E-state index in [1.54, 1.807) is 6.20 Å². The van der Waals surface area contributed by atoms with Crippen LogP contribution in [0.2, 0.25) is 0 Å². The molecule has 0 radical (unpaired) electrons. The van der Waals surface area contributed by atoms with Gasteiger partial charge in [0.25, 0.3) is 0 Å². The van der Waals surface area contributed by atoms with Gasteiger partial charge in [0.1, 0.15) is 5.82 Å². The van der Waals surface area contributed by atoms with Gasteiger partial charge < -0.3 is 5.32 Å². The minimum atomic E-state index is -0.00300. The number of carbonyl (C=O) groups is 1. The van der Waals surface area contributed by atoms with Crippen molar-refractivity contribution >= 4 is 23.5 Å². The molecule has 0 saturated heterocycles. The Labute approximate surface area is 149 Å². The third kappa shape index (κ3) is 3.00. The molecule has 1 N–H and O–H groups in total. The van der Waals surface area contributed by atoms with Crippen LogP contribution in [0.15, 0.2) is 12.3 Å². The molecular weight excluding hydrogens is 318 g/mol. The van der Waals surface area contributed by atoms with E-state index in [0.29, 0.717) is 4.75 Å². The normalized spacial score (nSPS) is 35.4. The summed E-state index contributed by atoms with van der Waals surface area (Å²) in [7, 11) is 0. The zero-order chi connectivity index (χ0) is 16.9. The monoisotopic (exact) mass is 347 g/mol. The third-order valence-corrected chi connectivity index (χ3v) is 7.76. The first-order valence-corrected chi connectivity index (χ1v) is 10.3. The van der Waals surface area contributed by atoms with Crippen LogP contribution in [0.4, 0.5) is 5.82 Å². The number of carbonyl (C=O) groups excluding carboxylic acids is 1. The molecule has 4 nitrogen and oxygen atoms in total. The molecule has 0 aromatic carbocycles. The van der Waals surface area contributed by atoms with Crippen molar-refractivity contribution in [3.63, 3.8) is 0 Å². The van der Waals surface area contributed by atoms with Gasteiger partial charge in [0, 0.05) is 16.9 Å².